The minimum absolute atomic E-state index is 0. The first-order valence-corrected chi connectivity index (χ1v) is 5.30. The fourth-order valence-electron chi connectivity index (χ4n) is 2.05. The van der Waals surface area contributed by atoms with E-state index in [1.807, 2.05) is 12.1 Å². The normalized spacial score (nSPS) is 20.7. The Morgan fingerprint density at radius 2 is 2.00 bits per heavy atom. The van der Waals surface area contributed by atoms with Gasteiger partial charge in [0.15, 0.2) is 0 Å². The Kier molecular flexibility index (Phi) is 5.06. The largest absolute Gasteiger partial charge is 0.316 e. The van der Waals surface area contributed by atoms with Gasteiger partial charge in [-0.3, -0.25) is 0 Å². The highest BCUT2D eigenvalue weighted by Gasteiger charge is 2.12. The van der Waals surface area contributed by atoms with Gasteiger partial charge in [0, 0.05) is 0 Å². The van der Waals surface area contributed by atoms with E-state index in [1.54, 1.807) is 12.1 Å². The third-order valence-electron chi connectivity index (χ3n) is 2.84. The number of hydrogen-bond donors (Lipinski definition) is 1. The molecule has 1 aromatic carbocycles. The molecule has 0 bridgehead atoms. The van der Waals surface area contributed by atoms with Gasteiger partial charge in [-0.15, -0.1) is 12.4 Å². The van der Waals surface area contributed by atoms with Crippen molar-refractivity contribution in [3.05, 3.63) is 35.6 Å². The first-order valence-electron chi connectivity index (χ1n) is 5.30. The zero-order valence-electron chi connectivity index (χ0n) is 8.71. The number of piperidine rings is 1. The van der Waals surface area contributed by atoms with Crippen molar-refractivity contribution in [3.63, 3.8) is 0 Å². The smallest absolute Gasteiger partial charge is 0.123 e. The van der Waals surface area contributed by atoms with Crippen LogP contribution >= 0.6 is 12.4 Å². The first kappa shape index (κ1) is 12.5. The molecule has 0 radical (unpaired) electrons. The Morgan fingerprint density at radius 1 is 1.27 bits per heavy atom. The van der Waals surface area contributed by atoms with Crippen molar-refractivity contribution in [2.75, 3.05) is 13.1 Å². The van der Waals surface area contributed by atoms with Crippen LogP contribution in [0.5, 0.6) is 0 Å². The number of rotatable bonds is 2. The van der Waals surface area contributed by atoms with E-state index in [0.29, 0.717) is 0 Å². The molecule has 2 rings (SSSR count). The van der Waals surface area contributed by atoms with E-state index < -0.39 is 0 Å². The van der Waals surface area contributed by atoms with Crippen LogP contribution in [0.15, 0.2) is 24.3 Å². The third-order valence-corrected chi connectivity index (χ3v) is 2.84. The average Bonchev–Trinajstić information content (AvgIpc) is 2.23. The summed E-state index contributed by atoms with van der Waals surface area (Å²) in [6.45, 7) is 2.26. The minimum Gasteiger partial charge on any atom is -0.316 e. The lowest BCUT2D eigenvalue weighted by Crippen LogP contribution is -2.30. The summed E-state index contributed by atoms with van der Waals surface area (Å²) in [7, 11) is 0. The van der Waals surface area contributed by atoms with E-state index in [1.165, 1.54) is 18.4 Å². The molecule has 3 heteroatoms. The standard InChI is InChI=1S/C12H16FN.ClH/c13-12-5-3-10(4-6-12)8-11-2-1-7-14-9-11;/h3-6,11,14H,1-2,7-9H2;1H. The third kappa shape index (κ3) is 3.80. The van der Waals surface area contributed by atoms with Crippen LogP contribution in [0.4, 0.5) is 4.39 Å². The molecule has 0 aromatic heterocycles. The van der Waals surface area contributed by atoms with Crippen LogP contribution in [-0.2, 0) is 6.42 Å². The van der Waals surface area contributed by atoms with Crippen LogP contribution in [0.3, 0.4) is 0 Å². The molecule has 1 unspecified atom stereocenters. The lowest BCUT2D eigenvalue weighted by atomic mass is 9.92. The summed E-state index contributed by atoms with van der Waals surface area (Å²) in [5.41, 5.74) is 1.25. The van der Waals surface area contributed by atoms with Gasteiger partial charge < -0.3 is 5.32 Å². The highest BCUT2D eigenvalue weighted by Crippen LogP contribution is 2.16. The molecular formula is C12H17ClFN. The Bertz CT molecular complexity index is 280. The molecule has 1 N–H and O–H groups in total. The first-order chi connectivity index (χ1) is 6.84. The summed E-state index contributed by atoms with van der Waals surface area (Å²) in [6, 6.07) is 6.88. The minimum atomic E-state index is -0.143. The van der Waals surface area contributed by atoms with Crippen molar-refractivity contribution in [1.29, 1.82) is 0 Å². The second-order valence-corrected chi connectivity index (χ2v) is 4.04. The number of hydrogen-bond acceptors (Lipinski definition) is 1. The van der Waals surface area contributed by atoms with Gasteiger partial charge in [0.1, 0.15) is 5.82 Å². The van der Waals surface area contributed by atoms with E-state index in [4.69, 9.17) is 0 Å². The molecule has 1 heterocycles. The number of nitrogens with one attached hydrogen (secondary N) is 1. The fraction of sp³-hybridized carbons (Fsp3) is 0.500. The SMILES string of the molecule is Cl.Fc1ccc(CC2CCCNC2)cc1. The molecule has 1 aliphatic rings. The molecule has 84 valence electrons. The molecule has 0 spiro atoms. The molecule has 0 aliphatic carbocycles. The summed E-state index contributed by atoms with van der Waals surface area (Å²) in [6.07, 6.45) is 3.64. The second kappa shape index (κ2) is 6.09. The van der Waals surface area contributed by atoms with Gasteiger partial charge in [-0.05, 0) is 56.0 Å². The average molecular weight is 230 g/mol. The van der Waals surface area contributed by atoms with E-state index in [9.17, 15) is 4.39 Å². The van der Waals surface area contributed by atoms with Gasteiger partial charge in [0.05, 0.1) is 0 Å². The molecule has 1 aromatic rings. The maximum absolute atomic E-state index is 12.7. The molecule has 1 atom stereocenters. The van der Waals surface area contributed by atoms with Crippen LogP contribution in [-0.4, -0.2) is 13.1 Å². The molecule has 0 saturated carbocycles. The maximum atomic E-state index is 12.7. The van der Waals surface area contributed by atoms with E-state index >= 15 is 0 Å². The van der Waals surface area contributed by atoms with Crippen LogP contribution in [0.1, 0.15) is 18.4 Å². The van der Waals surface area contributed by atoms with Gasteiger partial charge in [0.2, 0.25) is 0 Å². The van der Waals surface area contributed by atoms with Gasteiger partial charge in [-0.1, -0.05) is 12.1 Å². The molecule has 15 heavy (non-hydrogen) atoms. The molecule has 1 nitrogen and oxygen atoms in total. The van der Waals surface area contributed by atoms with Crippen molar-refractivity contribution < 1.29 is 4.39 Å². The van der Waals surface area contributed by atoms with Gasteiger partial charge in [-0.2, -0.15) is 0 Å². The van der Waals surface area contributed by atoms with Crippen molar-refractivity contribution in [2.45, 2.75) is 19.3 Å². The quantitative estimate of drug-likeness (QED) is 0.823. The van der Waals surface area contributed by atoms with Crippen LogP contribution < -0.4 is 5.32 Å². The topological polar surface area (TPSA) is 12.0 Å². The predicted molar refractivity (Wildman–Crippen MR) is 62.9 cm³/mol. The van der Waals surface area contributed by atoms with Crippen molar-refractivity contribution >= 4 is 12.4 Å². The van der Waals surface area contributed by atoms with Crippen molar-refractivity contribution in [2.24, 2.45) is 5.92 Å². The summed E-state index contributed by atoms with van der Waals surface area (Å²) < 4.78 is 12.7. The van der Waals surface area contributed by atoms with E-state index in [2.05, 4.69) is 5.32 Å². The zero-order valence-corrected chi connectivity index (χ0v) is 9.52. The van der Waals surface area contributed by atoms with Gasteiger partial charge in [-0.25, -0.2) is 4.39 Å². The molecular weight excluding hydrogens is 213 g/mol. The monoisotopic (exact) mass is 229 g/mol. The summed E-state index contributed by atoms with van der Waals surface area (Å²) >= 11 is 0. The van der Waals surface area contributed by atoms with E-state index in [0.717, 1.165) is 25.4 Å². The Hall–Kier alpha value is -0.600. The Balaban J connectivity index is 0.00000112. The van der Waals surface area contributed by atoms with E-state index in [-0.39, 0.29) is 18.2 Å². The predicted octanol–water partition coefficient (Wildman–Crippen LogP) is 2.79. The zero-order chi connectivity index (χ0) is 9.80. The van der Waals surface area contributed by atoms with Crippen LogP contribution in [0.25, 0.3) is 0 Å². The second-order valence-electron chi connectivity index (χ2n) is 4.04. The Morgan fingerprint density at radius 3 is 2.60 bits per heavy atom. The number of halogens is 2. The number of benzene rings is 1. The maximum Gasteiger partial charge on any atom is 0.123 e. The highest BCUT2D eigenvalue weighted by atomic mass is 35.5. The summed E-state index contributed by atoms with van der Waals surface area (Å²) in [5.74, 6) is 0.588. The van der Waals surface area contributed by atoms with Crippen LogP contribution in [0, 0.1) is 11.7 Å². The van der Waals surface area contributed by atoms with Gasteiger partial charge in [0.25, 0.3) is 0 Å². The summed E-state index contributed by atoms with van der Waals surface area (Å²) in [5, 5.41) is 3.39. The molecule has 1 fully saturated rings. The van der Waals surface area contributed by atoms with Gasteiger partial charge >= 0.3 is 0 Å². The highest BCUT2D eigenvalue weighted by molar-refractivity contribution is 5.85. The molecule has 0 amide bonds. The molecule has 1 saturated heterocycles. The summed E-state index contributed by atoms with van der Waals surface area (Å²) in [4.78, 5) is 0. The van der Waals surface area contributed by atoms with Crippen LogP contribution in [0.2, 0.25) is 0 Å². The Labute approximate surface area is 96.5 Å². The lowest BCUT2D eigenvalue weighted by molar-refractivity contribution is 0.376. The van der Waals surface area contributed by atoms with Crippen molar-refractivity contribution in [3.8, 4) is 0 Å². The lowest BCUT2D eigenvalue weighted by Gasteiger charge is -2.22. The molecule has 1 aliphatic heterocycles. The van der Waals surface area contributed by atoms with Crippen molar-refractivity contribution in [1.82, 2.24) is 5.32 Å². The fourth-order valence-corrected chi connectivity index (χ4v) is 2.05.